The minimum absolute atomic E-state index is 0.144. The summed E-state index contributed by atoms with van der Waals surface area (Å²) in [5.74, 6) is 0.192. The first kappa shape index (κ1) is 16.8. The maximum atomic E-state index is 12.8. The van der Waals surface area contributed by atoms with Crippen molar-refractivity contribution in [3.8, 4) is 0 Å². The van der Waals surface area contributed by atoms with E-state index < -0.39 is 15.3 Å². The van der Waals surface area contributed by atoms with Gasteiger partial charge in [-0.05, 0) is 24.6 Å². The number of methoxy groups -OCH3 is 1. The van der Waals surface area contributed by atoms with E-state index in [2.05, 4.69) is 15.9 Å². The molecular weight excluding hydrogens is 378 g/mol. The average molecular weight is 394 g/mol. The van der Waals surface area contributed by atoms with Gasteiger partial charge in [-0.2, -0.15) is 4.31 Å². The van der Waals surface area contributed by atoms with Crippen LogP contribution in [0.25, 0.3) is 0 Å². The summed E-state index contributed by atoms with van der Waals surface area (Å²) >= 11 is 4.73. The van der Waals surface area contributed by atoms with Gasteiger partial charge in [-0.3, -0.25) is 4.79 Å². The van der Waals surface area contributed by atoms with Crippen LogP contribution in [0.5, 0.6) is 0 Å². The summed E-state index contributed by atoms with van der Waals surface area (Å²) in [4.78, 5) is 11.9. The maximum Gasteiger partial charge on any atom is 0.320 e. The number of nitrogens with zero attached hydrogens (tertiary/aromatic N) is 1. The average Bonchev–Trinajstić information content (AvgIpc) is 2.49. The van der Waals surface area contributed by atoms with Crippen molar-refractivity contribution < 1.29 is 17.9 Å². The molecule has 1 fully saturated rings. The molecule has 1 aromatic carbocycles. The Bertz CT molecular complexity index is 648. The number of sulfonamides is 1. The van der Waals surface area contributed by atoms with E-state index in [0.29, 0.717) is 22.3 Å². The molecule has 1 aliphatic rings. The molecule has 1 saturated heterocycles. The molecule has 0 spiro atoms. The van der Waals surface area contributed by atoms with Gasteiger partial charge in [0.2, 0.25) is 10.0 Å². The number of ether oxygens (including phenoxy) is 1. The predicted octanol–water partition coefficient (Wildman–Crippen LogP) is 2.04. The van der Waals surface area contributed by atoms with E-state index in [0.717, 1.165) is 0 Å². The van der Waals surface area contributed by atoms with Crippen molar-refractivity contribution in [2.45, 2.75) is 17.1 Å². The van der Waals surface area contributed by atoms with Gasteiger partial charge in [0.05, 0.1) is 12.0 Å². The molecule has 1 aliphatic heterocycles. The summed E-state index contributed by atoms with van der Waals surface area (Å²) in [5, 5.41) is -0.467. The Labute approximate surface area is 137 Å². The van der Waals surface area contributed by atoms with Crippen molar-refractivity contribution in [3.63, 3.8) is 0 Å². The van der Waals surface area contributed by atoms with E-state index in [1.807, 2.05) is 0 Å². The fourth-order valence-electron chi connectivity index (χ4n) is 2.11. The maximum absolute atomic E-state index is 12.8. The molecule has 0 N–H and O–H groups in total. The van der Waals surface area contributed by atoms with Crippen molar-refractivity contribution >= 4 is 43.7 Å². The molecule has 0 aliphatic carbocycles. The summed E-state index contributed by atoms with van der Waals surface area (Å²) < 4.78 is 32.3. The number of esters is 1. The molecule has 1 heterocycles. The van der Waals surface area contributed by atoms with Crippen LogP contribution in [-0.4, -0.2) is 49.9 Å². The van der Waals surface area contributed by atoms with E-state index >= 15 is 0 Å². The number of carbonyl (C=O) groups is 1. The number of carbonyl (C=O) groups excluding carboxylic acids is 1. The zero-order valence-corrected chi connectivity index (χ0v) is 14.9. The molecule has 0 radical (unpaired) electrons. The van der Waals surface area contributed by atoms with Gasteiger partial charge in [0, 0.05) is 23.3 Å². The lowest BCUT2D eigenvalue weighted by Crippen LogP contribution is -2.45. The fourth-order valence-corrected chi connectivity index (χ4v) is 5.67. The van der Waals surface area contributed by atoms with E-state index in [1.165, 1.54) is 23.2 Å². The van der Waals surface area contributed by atoms with Crippen molar-refractivity contribution in [1.29, 1.82) is 0 Å². The van der Waals surface area contributed by atoms with Crippen LogP contribution in [0.3, 0.4) is 0 Å². The third-order valence-corrected chi connectivity index (χ3v) is 6.92. The molecule has 2 rings (SSSR count). The Hall–Kier alpha value is -0.570. The number of halogens is 1. The smallest absolute Gasteiger partial charge is 0.320 e. The lowest BCUT2D eigenvalue weighted by Gasteiger charge is -2.30. The van der Waals surface area contributed by atoms with Crippen LogP contribution in [0.4, 0.5) is 0 Å². The molecule has 1 atom stereocenters. The quantitative estimate of drug-likeness (QED) is 0.735. The molecule has 116 valence electrons. The van der Waals surface area contributed by atoms with Crippen LogP contribution in [0.1, 0.15) is 5.56 Å². The minimum atomic E-state index is -3.61. The van der Waals surface area contributed by atoms with Gasteiger partial charge in [-0.25, -0.2) is 8.42 Å². The highest BCUT2D eigenvalue weighted by Crippen LogP contribution is 2.28. The first-order chi connectivity index (χ1) is 9.86. The number of rotatable bonds is 3. The zero-order valence-electron chi connectivity index (χ0n) is 11.7. The molecule has 0 saturated carbocycles. The van der Waals surface area contributed by atoms with Crippen LogP contribution < -0.4 is 0 Å². The van der Waals surface area contributed by atoms with Gasteiger partial charge >= 0.3 is 5.97 Å². The SMILES string of the molecule is COC(=O)[C@H]1CN(S(=O)(=O)c2cc(Br)ccc2C)CCS1. The van der Waals surface area contributed by atoms with Crippen LogP contribution in [0.15, 0.2) is 27.6 Å². The normalized spacial score (nSPS) is 20.2. The molecule has 1 aromatic rings. The monoisotopic (exact) mass is 393 g/mol. The van der Waals surface area contributed by atoms with Crippen molar-refractivity contribution in [2.75, 3.05) is 26.0 Å². The molecule has 5 nitrogen and oxygen atoms in total. The fraction of sp³-hybridized carbons (Fsp3) is 0.462. The summed E-state index contributed by atoms with van der Waals surface area (Å²) in [7, 11) is -2.29. The van der Waals surface area contributed by atoms with E-state index in [4.69, 9.17) is 4.74 Å². The summed E-state index contributed by atoms with van der Waals surface area (Å²) in [6.07, 6.45) is 0. The van der Waals surface area contributed by atoms with E-state index in [-0.39, 0.29) is 17.4 Å². The first-order valence-electron chi connectivity index (χ1n) is 6.32. The topological polar surface area (TPSA) is 63.7 Å². The molecule has 8 heteroatoms. The standard InChI is InChI=1S/C13H16BrNO4S2/c1-9-3-4-10(14)7-12(9)21(17,18)15-5-6-20-11(8-15)13(16)19-2/h3-4,7,11H,5-6,8H2,1-2H3/t11-/m1/s1. The molecule has 0 aromatic heterocycles. The highest BCUT2D eigenvalue weighted by Gasteiger charge is 2.34. The second-order valence-corrected chi connectivity index (χ2v) is 8.79. The van der Waals surface area contributed by atoms with Crippen LogP contribution in [0.2, 0.25) is 0 Å². The molecule has 21 heavy (non-hydrogen) atoms. The van der Waals surface area contributed by atoms with E-state index in [9.17, 15) is 13.2 Å². The second kappa shape index (κ2) is 6.68. The van der Waals surface area contributed by atoms with Crippen LogP contribution in [0, 0.1) is 6.92 Å². The van der Waals surface area contributed by atoms with Gasteiger partial charge < -0.3 is 4.74 Å². The second-order valence-electron chi connectivity index (χ2n) is 4.66. The Kier molecular flexibility index (Phi) is 5.34. The number of hydrogen-bond donors (Lipinski definition) is 0. The Morgan fingerprint density at radius 3 is 2.86 bits per heavy atom. The first-order valence-corrected chi connectivity index (χ1v) is 9.60. The zero-order chi connectivity index (χ0) is 15.6. The van der Waals surface area contributed by atoms with Crippen molar-refractivity contribution in [3.05, 3.63) is 28.2 Å². The van der Waals surface area contributed by atoms with Crippen LogP contribution >= 0.6 is 27.7 Å². The van der Waals surface area contributed by atoms with Crippen molar-refractivity contribution in [1.82, 2.24) is 4.31 Å². The van der Waals surface area contributed by atoms with Gasteiger partial charge in [0.15, 0.2) is 0 Å². The van der Waals surface area contributed by atoms with Gasteiger partial charge in [0.1, 0.15) is 5.25 Å². The number of hydrogen-bond acceptors (Lipinski definition) is 5. The van der Waals surface area contributed by atoms with Gasteiger partial charge in [-0.1, -0.05) is 22.0 Å². The third-order valence-electron chi connectivity index (χ3n) is 3.26. The lowest BCUT2D eigenvalue weighted by molar-refractivity contribution is -0.140. The molecule has 0 unspecified atom stereocenters. The largest absolute Gasteiger partial charge is 0.468 e. The van der Waals surface area contributed by atoms with Gasteiger partial charge in [0.25, 0.3) is 0 Å². The Balaban J connectivity index is 2.31. The third kappa shape index (κ3) is 3.61. The number of benzene rings is 1. The van der Waals surface area contributed by atoms with Crippen LogP contribution in [-0.2, 0) is 19.6 Å². The lowest BCUT2D eigenvalue weighted by atomic mass is 10.2. The molecule has 0 bridgehead atoms. The summed E-state index contributed by atoms with van der Waals surface area (Å²) in [5.41, 5.74) is 0.686. The number of aryl methyl sites for hydroxylation is 1. The summed E-state index contributed by atoms with van der Waals surface area (Å²) in [6.45, 7) is 2.30. The van der Waals surface area contributed by atoms with E-state index in [1.54, 1.807) is 25.1 Å². The Morgan fingerprint density at radius 1 is 1.48 bits per heavy atom. The Morgan fingerprint density at radius 2 is 2.19 bits per heavy atom. The number of thioether (sulfide) groups is 1. The molecule has 0 amide bonds. The minimum Gasteiger partial charge on any atom is -0.468 e. The van der Waals surface area contributed by atoms with Crippen molar-refractivity contribution in [2.24, 2.45) is 0 Å². The van der Waals surface area contributed by atoms with Gasteiger partial charge in [-0.15, -0.1) is 11.8 Å². The summed E-state index contributed by atoms with van der Waals surface area (Å²) in [6, 6.07) is 5.16. The predicted molar refractivity (Wildman–Crippen MR) is 85.9 cm³/mol. The highest BCUT2D eigenvalue weighted by atomic mass is 79.9. The molecular formula is C13H16BrNO4S2. The highest BCUT2D eigenvalue weighted by molar-refractivity contribution is 9.10.